The Morgan fingerprint density at radius 2 is 1.98 bits per heavy atom. The zero-order valence-electron chi connectivity index (χ0n) is 23.5. The molecule has 0 N–H and O–H groups in total. The average molecular weight is 571 g/mol. The lowest BCUT2D eigenvalue weighted by atomic mass is 9.48. The summed E-state index contributed by atoms with van der Waals surface area (Å²) in [4.78, 5) is 30.0. The third-order valence-corrected chi connectivity index (χ3v) is 9.67. The van der Waals surface area contributed by atoms with Gasteiger partial charge in [-0.3, -0.25) is 14.5 Å². The van der Waals surface area contributed by atoms with Crippen LogP contribution in [0.2, 0.25) is 0 Å². The molecule has 2 heterocycles. The van der Waals surface area contributed by atoms with Crippen LogP contribution >= 0.6 is 0 Å². The van der Waals surface area contributed by atoms with Gasteiger partial charge in [0.25, 0.3) is 0 Å². The van der Waals surface area contributed by atoms with E-state index in [2.05, 4.69) is 18.0 Å². The Kier molecular flexibility index (Phi) is 6.41. The van der Waals surface area contributed by atoms with Crippen LogP contribution in [-0.4, -0.2) is 73.2 Å². The molecule has 5 atom stereocenters. The summed E-state index contributed by atoms with van der Waals surface area (Å²) in [5.41, 5.74) is 0.121. The summed E-state index contributed by atoms with van der Waals surface area (Å²) in [5, 5.41) is 0. The Morgan fingerprint density at radius 3 is 2.68 bits per heavy atom. The van der Waals surface area contributed by atoms with Crippen LogP contribution in [0, 0.1) is 0 Å². The number of hydrogen-bond donors (Lipinski definition) is 0. The van der Waals surface area contributed by atoms with E-state index in [0.29, 0.717) is 37.2 Å². The first-order valence-corrected chi connectivity index (χ1v) is 13.8. The van der Waals surface area contributed by atoms with E-state index in [4.69, 9.17) is 14.2 Å². The highest BCUT2D eigenvalue weighted by Gasteiger charge is 2.75. The summed E-state index contributed by atoms with van der Waals surface area (Å²) in [6.07, 6.45) is 0.154. The number of amides is 1. The standard InChI is InChI=1S/C31H33F3N2O5/c1-18(37)41-30-13-12-22(36(3)25(38)11-8-19-6-5-7-21(16-19)31(32,33)34)28-29(30)14-15-35(2)24(30)17-20-9-10-23(39-4)27(40-28)26(20)29/h5-11,16,22,24,28H,12-15,17H2,1-4H3/t22-,24-,28+,29+,30-/m1/s1. The number of piperidine rings is 1. The fraction of sp³-hybridized carbons (Fsp3) is 0.484. The van der Waals surface area contributed by atoms with E-state index in [1.807, 2.05) is 6.07 Å². The normalized spacial score (nSPS) is 30.0. The molecule has 0 radical (unpaired) electrons. The lowest BCUT2D eigenvalue weighted by Gasteiger charge is -2.65. The second kappa shape index (κ2) is 9.51. The Bertz CT molecular complexity index is 1440. The van der Waals surface area contributed by atoms with Crippen molar-refractivity contribution in [3.05, 3.63) is 64.7 Å². The van der Waals surface area contributed by atoms with Crippen molar-refractivity contribution in [3.63, 3.8) is 0 Å². The fourth-order valence-corrected chi connectivity index (χ4v) is 7.97. The third kappa shape index (κ3) is 3.97. The third-order valence-electron chi connectivity index (χ3n) is 9.67. The molecule has 2 aromatic carbocycles. The molecule has 218 valence electrons. The fourth-order valence-electron chi connectivity index (χ4n) is 7.97. The summed E-state index contributed by atoms with van der Waals surface area (Å²) < 4.78 is 58.3. The molecule has 41 heavy (non-hydrogen) atoms. The van der Waals surface area contributed by atoms with E-state index >= 15 is 0 Å². The first kappa shape index (κ1) is 27.6. The second-order valence-corrected chi connectivity index (χ2v) is 11.6. The number of halogens is 3. The van der Waals surface area contributed by atoms with Crippen molar-refractivity contribution in [1.29, 1.82) is 0 Å². The van der Waals surface area contributed by atoms with Gasteiger partial charge in [0.1, 0.15) is 11.7 Å². The van der Waals surface area contributed by atoms with E-state index in [-0.39, 0.29) is 29.5 Å². The van der Waals surface area contributed by atoms with Crippen molar-refractivity contribution in [2.24, 2.45) is 0 Å². The number of alkyl halides is 3. The number of nitrogens with zero attached hydrogens (tertiary/aromatic N) is 2. The topological polar surface area (TPSA) is 68.3 Å². The number of ether oxygens (including phenoxy) is 3. The minimum Gasteiger partial charge on any atom is -0.493 e. The molecular weight excluding hydrogens is 537 g/mol. The molecule has 2 bridgehead atoms. The molecule has 1 amide bonds. The quantitative estimate of drug-likeness (QED) is 0.387. The lowest BCUT2D eigenvalue weighted by Crippen LogP contribution is -2.78. The monoisotopic (exact) mass is 570 g/mol. The highest BCUT2D eigenvalue weighted by atomic mass is 19.4. The van der Waals surface area contributed by atoms with Crippen LogP contribution in [0.5, 0.6) is 11.5 Å². The van der Waals surface area contributed by atoms with Gasteiger partial charge in [0.2, 0.25) is 5.91 Å². The smallest absolute Gasteiger partial charge is 0.416 e. The molecule has 1 saturated carbocycles. The molecule has 0 aromatic heterocycles. The van der Waals surface area contributed by atoms with Crippen LogP contribution in [0.4, 0.5) is 13.2 Å². The first-order valence-electron chi connectivity index (χ1n) is 13.8. The number of rotatable bonds is 5. The maximum Gasteiger partial charge on any atom is 0.416 e. The largest absolute Gasteiger partial charge is 0.493 e. The molecule has 2 aliphatic carbocycles. The number of esters is 1. The Balaban J connectivity index is 1.39. The van der Waals surface area contributed by atoms with Gasteiger partial charge in [-0.15, -0.1) is 0 Å². The number of likely N-dealkylation sites (tertiary alicyclic amines) is 1. The summed E-state index contributed by atoms with van der Waals surface area (Å²) in [5.74, 6) is 0.534. The zero-order chi connectivity index (χ0) is 29.3. The molecule has 2 aliphatic heterocycles. The summed E-state index contributed by atoms with van der Waals surface area (Å²) in [6.45, 7) is 2.21. The molecule has 2 fully saturated rings. The van der Waals surface area contributed by atoms with Gasteiger partial charge >= 0.3 is 12.1 Å². The molecule has 10 heteroatoms. The van der Waals surface area contributed by atoms with E-state index in [1.54, 1.807) is 19.1 Å². The predicted molar refractivity (Wildman–Crippen MR) is 145 cm³/mol. The number of likely N-dealkylation sites (N-methyl/N-ethyl adjacent to an activating group) is 2. The lowest BCUT2D eigenvalue weighted by molar-refractivity contribution is -0.220. The summed E-state index contributed by atoms with van der Waals surface area (Å²) in [6, 6.07) is 8.40. The predicted octanol–water partition coefficient (Wildman–Crippen LogP) is 4.61. The minimum absolute atomic E-state index is 0.0548. The molecule has 6 rings (SSSR count). The minimum atomic E-state index is -4.47. The van der Waals surface area contributed by atoms with E-state index < -0.39 is 28.9 Å². The van der Waals surface area contributed by atoms with E-state index in [0.717, 1.165) is 29.8 Å². The molecule has 2 aromatic rings. The van der Waals surface area contributed by atoms with Crippen molar-refractivity contribution >= 4 is 18.0 Å². The number of carbonyl (C=O) groups excluding carboxylic acids is 2. The number of benzene rings is 2. The summed E-state index contributed by atoms with van der Waals surface area (Å²) in [7, 11) is 5.34. The van der Waals surface area contributed by atoms with Crippen molar-refractivity contribution in [3.8, 4) is 11.5 Å². The first-order chi connectivity index (χ1) is 19.4. The highest BCUT2D eigenvalue weighted by Crippen LogP contribution is 2.67. The summed E-state index contributed by atoms with van der Waals surface area (Å²) >= 11 is 0. The molecular formula is C31H33F3N2O5. The number of carbonyl (C=O) groups is 2. The maximum atomic E-state index is 13.5. The van der Waals surface area contributed by atoms with Crippen LogP contribution in [0.1, 0.15) is 48.4 Å². The van der Waals surface area contributed by atoms with E-state index in [1.165, 1.54) is 31.2 Å². The number of methoxy groups -OCH3 is 1. The van der Waals surface area contributed by atoms with Crippen LogP contribution in [-0.2, 0) is 32.3 Å². The maximum absolute atomic E-state index is 13.5. The molecule has 4 aliphatic rings. The van der Waals surface area contributed by atoms with Gasteiger partial charge in [-0.25, -0.2) is 0 Å². The zero-order valence-corrected chi connectivity index (χ0v) is 23.5. The van der Waals surface area contributed by atoms with Gasteiger partial charge in [-0.05, 0) is 74.7 Å². The van der Waals surface area contributed by atoms with Crippen LogP contribution < -0.4 is 9.47 Å². The van der Waals surface area contributed by atoms with Crippen molar-refractivity contribution in [1.82, 2.24) is 9.80 Å². The van der Waals surface area contributed by atoms with Gasteiger partial charge in [0.05, 0.1) is 30.2 Å². The van der Waals surface area contributed by atoms with Gasteiger partial charge < -0.3 is 19.1 Å². The Hall–Kier alpha value is -3.53. The van der Waals surface area contributed by atoms with Gasteiger partial charge in [0, 0.05) is 25.6 Å². The van der Waals surface area contributed by atoms with Crippen LogP contribution in [0.15, 0.2) is 42.5 Å². The van der Waals surface area contributed by atoms with Gasteiger partial charge in [-0.1, -0.05) is 18.2 Å². The molecule has 0 unspecified atom stereocenters. The van der Waals surface area contributed by atoms with Gasteiger partial charge in [0.15, 0.2) is 11.5 Å². The van der Waals surface area contributed by atoms with Crippen LogP contribution in [0.3, 0.4) is 0 Å². The van der Waals surface area contributed by atoms with Gasteiger partial charge in [-0.2, -0.15) is 13.2 Å². The number of hydrogen-bond acceptors (Lipinski definition) is 6. The Labute approximate surface area is 236 Å². The van der Waals surface area contributed by atoms with Crippen molar-refractivity contribution in [2.45, 2.75) is 68.0 Å². The molecule has 1 saturated heterocycles. The molecule has 1 spiro atoms. The van der Waals surface area contributed by atoms with Crippen molar-refractivity contribution < 1.29 is 37.0 Å². The molecule has 7 nitrogen and oxygen atoms in total. The Morgan fingerprint density at radius 1 is 1.20 bits per heavy atom. The van der Waals surface area contributed by atoms with Crippen molar-refractivity contribution in [2.75, 3.05) is 27.7 Å². The highest BCUT2D eigenvalue weighted by molar-refractivity contribution is 5.92. The van der Waals surface area contributed by atoms with Crippen LogP contribution in [0.25, 0.3) is 6.08 Å². The average Bonchev–Trinajstić information content (AvgIpc) is 3.28. The second-order valence-electron chi connectivity index (χ2n) is 11.6. The SMILES string of the molecule is COc1ccc2c3c1O[C@H]1[C@H](N(C)C(=O)C=Cc4cccc(C(F)(F)F)c4)CC[C@@]4(OC(C)=O)[C@@H](C2)N(C)CC[C@]314. The van der Waals surface area contributed by atoms with E-state index in [9.17, 15) is 22.8 Å².